The monoisotopic (exact) mass is 346 g/mol. The van der Waals surface area contributed by atoms with Gasteiger partial charge in [0, 0.05) is 18.0 Å². The van der Waals surface area contributed by atoms with Gasteiger partial charge in [-0.1, -0.05) is 35.4 Å². The van der Waals surface area contributed by atoms with E-state index >= 15 is 0 Å². The average molecular weight is 347 g/mol. The normalized spacial score (nSPS) is 21.7. The number of allylic oxidation sites excluding steroid dienone is 2. The fraction of sp³-hybridized carbons (Fsp3) is 0.368. The van der Waals surface area contributed by atoms with Crippen molar-refractivity contribution in [3.63, 3.8) is 0 Å². The van der Waals surface area contributed by atoms with Crippen LogP contribution in [0.3, 0.4) is 0 Å². The number of hydrogen-bond donors (Lipinski definition) is 0. The van der Waals surface area contributed by atoms with Gasteiger partial charge in [-0.05, 0) is 68.2 Å². The quantitative estimate of drug-likeness (QED) is 0.609. The number of hydrogen-bond acceptors (Lipinski definition) is 2. The van der Waals surface area contributed by atoms with Crippen molar-refractivity contribution in [1.29, 1.82) is 0 Å². The third-order valence-electron chi connectivity index (χ3n) is 4.56. The highest BCUT2D eigenvalue weighted by Crippen LogP contribution is 2.36. The zero-order valence-electron chi connectivity index (χ0n) is 13.2. The van der Waals surface area contributed by atoms with E-state index in [9.17, 15) is 0 Å². The molecule has 0 saturated heterocycles. The number of halogens is 2. The van der Waals surface area contributed by atoms with Crippen molar-refractivity contribution in [3.05, 3.63) is 58.4 Å². The Morgan fingerprint density at radius 1 is 1.00 bits per heavy atom. The molecule has 1 aliphatic carbocycles. The van der Waals surface area contributed by atoms with Crippen LogP contribution in [0, 0.1) is 5.92 Å². The van der Waals surface area contributed by atoms with Crippen LogP contribution in [0.4, 0.5) is 0 Å². The van der Waals surface area contributed by atoms with Gasteiger partial charge < -0.3 is 0 Å². The minimum atomic E-state index is 0.527. The summed E-state index contributed by atoms with van der Waals surface area (Å²) in [6.07, 6.45) is 13.4. The van der Waals surface area contributed by atoms with Crippen LogP contribution in [-0.2, 0) is 0 Å². The molecule has 1 heterocycles. The molecule has 3 rings (SSSR count). The van der Waals surface area contributed by atoms with E-state index in [0.717, 1.165) is 11.5 Å². The lowest BCUT2D eigenvalue weighted by Gasteiger charge is -2.26. The topological polar surface area (TPSA) is 25.8 Å². The first-order valence-corrected chi connectivity index (χ1v) is 8.83. The fourth-order valence-electron chi connectivity index (χ4n) is 3.25. The Labute approximate surface area is 147 Å². The van der Waals surface area contributed by atoms with E-state index in [0.29, 0.717) is 21.8 Å². The first-order chi connectivity index (χ1) is 11.2. The molecule has 0 radical (unpaired) electrons. The van der Waals surface area contributed by atoms with Crippen LogP contribution >= 0.6 is 23.2 Å². The van der Waals surface area contributed by atoms with Crippen LogP contribution in [0.5, 0.6) is 0 Å². The van der Waals surface area contributed by atoms with Crippen LogP contribution in [0.1, 0.15) is 44.1 Å². The van der Waals surface area contributed by atoms with E-state index in [2.05, 4.69) is 29.0 Å². The van der Waals surface area contributed by atoms with Gasteiger partial charge in [-0.3, -0.25) is 0 Å². The molecule has 2 aromatic rings. The summed E-state index contributed by atoms with van der Waals surface area (Å²) in [7, 11) is 0. The first-order valence-electron chi connectivity index (χ1n) is 8.07. The van der Waals surface area contributed by atoms with E-state index in [1.807, 2.05) is 18.5 Å². The Morgan fingerprint density at radius 2 is 1.70 bits per heavy atom. The van der Waals surface area contributed by atoms with Crippen molar-refractivity contribution in [2.75, 3.05) is 0 Å². The van der Waals surface area contributed by atoms with E-state index < -0.39 is 0 Å². The second kappa shape index (κ2) is 7.46. The smallest absolute Gasteiger partial charge is 0.159 e. The average Bonchev–Trinajstić information content (AvgIpc) is 2.59. The molecule has 0 N–H and O–H groups in total. The van der Waals surface area contributed by atoms with Gasteiger partial charge in [0.1, 0.15) is 0 Å². The van der Waals surface area contributed by atoms with Crippen LogP contribution in [0.25, 0.3) is 11.4 Å². The molecule has 2 nitrogen and oxygen atoms in total. The van der Waals surface area contributed by atoms with Crippen LogP contribution in [-0.4, -0.2) is 9.97 Å². The van der Waals surface area contributed by atoms with Gasteiger partial charge in [-0.25, -0.2) is 9.97 Å². The molecule has 1 aliphatic rings. The van der Waals surface area contributed by atoms with Gasteiger partial charge in [0.05, 0.1) is 10.0 Å². The summed E-state index contributed by atoms with van der Waals surface area (Å²) in [5, 5.41) is 1.07. The van der Waals surface area contributed by atoms with Gasteiger partial charge in [0.2, 0.25) is 0 Å². The van der Waals surface area contributed by atoms with Crippen molar-refractivity contribution in [3.8, 4) is 11.4 Å². The molecule has 23 heavy (non-hydrogen) atoms. The zero-order chi connectivity index (χ0) is 16.2. The van der Waals surface area contributed by atoms with Gasteiger partial charge in [-0.15, -0.1) is 0 Å². The lowest BCUT2D eigenvalue weighted by molar-refractivity contribution is 0.375. The van der Waals surface area contributed by atoms with E-state index in [1.165, 1.54) is 31.2 Å². The fourth-order valence-corrected chi connectivity index (χ4v) is 3.55. The predicted octanol–water partition coefficient (Wildman–Crippen LogP) is 6.30. The molecule has 0 unspecified atom stereocenters. The lowest BCUT2D eigenvalue weighted by atomic mass is 9.79. The number of nitrogens with zero attached hydrogens (tertiary/aromatic N) is 2. The summed E-state index contributed by atoms with van der Waals surface area (Å²) >= 11 is 12.0. The Bertz CT molecular complexity index is 687. The minimum absolute atomic E-state index is 0.527. The molecule has 1 aromatic heterocycles. The molecule has 1 saturated carbocycles. The van der Waals surface area contributed by atoms with Gasteiger partial charge in [0.25, 0.3) is 0 Å². The summed E-state index contributed by atoms with van der Waals surface area (Å²) < 4.78 is 0. The Kier molecular flexibility index (Phi) is 5.34. The summed E-state index contributed by atoms with van der Waals surface area (Å²) in [5.41, 5.74) is 2.13. The first kappa shape index (κ1) is 16.5. The Hall–Kier alpha value is -1.38. The maximum Gasteiger partial charge on any atom is 0.159 e. The molecule has 0 aliphatic heterocycles. The minimum Gasteiger partial charge on any atom is -0.236 e. The number of rotatable bonds is 3. The predicted molar refractivity (Wildman–Crippen MR) is 97.0 cm³/mol. The van der Waals surface area contributed by atoms with Crippen molar-refractivity contribution in [2.24, 2.45) is 5.92 Å². The highest BCUT2D eigenvalue weighted by atomic mass is 35.5. The standard InChI is InChI=1S/C19H20Cl2N2/c1-2-3-13-4-6-14(7-5-13)16-11-22-19(23-12-16)15-8-9-17(20)18(21)10-15/h2-3,8-14H,4-7H2,1H3/b3-2+/t13-,14-. The molecule has 0 atom stereocenters. The van der Waals surface area contributed by atoms with Crippen LogP contribution < -0.4 is 0 Å². The van der Waals surface area contributed by atoms with Crippen molar-refractivity contribution >= 4 is 23.2 Å². The Balaban J connectivity index is 1.71. The van der Waals surface area contributed by atoms with E-state index in [-0.39, 0.29) is 0 Å². The second-order valence-electron chi connectivity index (χ2n) is 6.11. The molecule has 120 valence electrons. The summed E-state index contributed by atoms with van der Waals surface area (Å²) in [6.45, 7) is 2.10. The molecule has 1 fully saturated rings. The highest BCUT2D eigenvalue weighted by Gasteiger charge is 2.21. The maximum atomic E-state index is 6.06. The molecule has 4 heteroatoms. The van der Waals surface area contributed by atoms with Gasteiger partial charge in [0.15, 0.2) is 5.82 Å². The second-order valence-corrected chi connectivity index (χ2v) is 6.92. The Morgan fingerprint density at radius 3 is 2.30 bits per heavy atom. The molecule has 0 spiro atoms. The van der Waals surface area contributed by atoms with Crippen LogP contribution in [0.2, 0.25) is 10.0 Å². The summed E-state index contributed by atoms with van der Waals surface area (Å²) in [5.74, 6) is 2.02. The van der Waals surface area contributed by atoms with Gasteiger partial charge >= 0.3 is 0 Å². The lowest BCUT2D eigenvalue weighted by Crippen LogP contribution is -2.12. The SMILES string of the molecule is C/C=C/[C@H]1CC[C@H](c2cnc(-c3ccc(Cl)c(Cl)c3)nc2)CC1. The van der Waals surface area contributed by atoms with Crippen molar-refractivity contribution < 1.29 is 0 Å². The molecule has 0 amide bonds. The number of benzene rings is 1. The van der Waals surface area contributed by atoms with Crippen molar-refractivity contribution in [1.82, 2.24) is 9.97 Å². The molecule has 0 bridgehead atoms. The zero-order valence-corrected chi connectivity index (χ0v) is 14.7. The molecular formula is C19H20Cl2N2. The van der Waals surface area contributed by atoms with Crippen LogP contribution in [0.15, 0.2) is 42.7 Å². The third kappa shape index (κ3) is 3.94. The maximum absolute atomic E-state index is 6.06. The van der Waals surface area contributed by atoms with E-state index in [4.69, 9.17) is 23.2 Å². The highest BCUT2D eigenvalue weighted by molar-refractivity contribution is 6.42. The molecular weight excluding hydrogens is 327 g/mol. The number of aromatic nitrogens is 2. The molecule has 1 aromatic carbocycles. The van der Waals surface area contributed by atoms with E-state index in [1.54, 1.807) is 12.1 Å². The largest absolute Gasteiger partial charge is 0.236 e. The van der Waals surface area contributed by atoms with Crippen molar-refractivity contribution in [2.45, 2.75) is 38.5 Å². The summed E-state index contributed by atoms with van der Waals surface area (Å²) in [4.78, 5) is 9.05. The summed E-state index contributed by atoms with van der Waals surface area (Å²) in [6, 6.07) is 5.48. The third-order valence-corrected chi connectivity index (χ3v) is 5.30. The van der Waals surface area contributed by atoms with Gasteiger partial charge in [-0.2, -0.15) is 0 Å².